The highest BCUT2D eigenvalue weighted by atomic mass is 19.1. The molecule has 1 saturated heterocycles. The highest BCUT2D eigenvalue weighted by molar-refractivity contribution is 6.01. The third kappa shape index (κ3) is 5.28. The van der Waals surface area contributed by atoms with Crippen LogP contribution in [0.1, 0.15) is 25.0 Å². The van der Waals surface area contributed by atoms with Crippen LogP contribution in [0, 0.1) is 17.1 Å². The molecule has 0 bridgehead atoms. The number of nitrogens with one attached hydrogen (secondary N) is 1. The van der Waals surface area contributed by atoms with Gasteiger partial charge in [0, 0.05) is 24.7 Å². The number of nitriles is 1. The summed E-state index contributed by atoms with van der Waals surface area (Å²) in [4.78, 5) is 14.6. The molecular formula is C21H22FN3O2. The molecule has 1 aliphatic rings. The Labute approximate surface area is 158 Å². The van der Waals surface area contributed by atoms with Gasteiger partial charge in [-0.3, -0.25) is 4.79 Å². The number of benzene rings is 1. The number of nitrogens with zero attached hydrogens (tertiary/aromatic N) is 2. The average molecular weight is 367 g/mol. The van der Waals surface area contributed by atoms with Gasteiger partial charge in [0.2, 0.25) is 0 Å². The lowest BCUT2D eigenvalue weighted by molar-refractivity contribution is -0.117. The summed E-state index contributed by atoms with van der Waals surface area (Å²) in [5, 5.41) is 12.1. The Kier molecular flexibility index (Phi) is 6.39. The summed E-state index contributed by atoms with van der Waals surface area (Å²) in [6, 6.07) is 11.2. The van der Waals surface area contributed by atoms with Crippen molar-refractivity contribution in [2.45, 2.75) is 19.3 Å². The molecular weight excluding hydrogens is 345 g/mol. The number of rotatable bonds is 6. The Morgan fingerprint density at radius 3 is 2.63 bits per heavy atom. The summed E-state index contributed by atoms with van der Waals surface area (Å²) in [6.45, 7) is 3.43. The first kappa shape index (κ1) is 18.9. The van der Waals surface area contributed by atoms with Gasteiger partial charge in [-0.1, -0.05) is 6.42 Å². The zero-order valence-corrected chi connectivity index (χ0v) is 15.1. The monoisotopic (exact) mass is 367 g/mol. The quantitative estimate of drug-likeness (QED) is 0.626. The van der Waals surface area contributed by atoms with E-state index in [0.717, 1.165) is 25.2 Å². The molecule has 0 saturated carbocycles. The normalized spacial score (nSPS) is 15.3. The summed E-state index contributed by atoms with van der Waals surface area (Å²) in [7, 11) is 0. The molecule has 1 aromatic carbocycles. The van der Waals surface area contributed by atoms with Gasteiger partial charge in [-0.05, 0) is 62.3 Å². The van der Waals surface area contributed by atoms with Gasteiger partial charge in [-0.15, -0.1) is 0 Å². The number of piperidine rings is 1. The molecule has 140 valence electrons. The van der Waals surface area contributed by atoms with E-state index in [0.29, 0.717) is 18.1 Å². The number of hydrogen-bond donors (Lipinski definition) is 1. The lowest BCUT2D eigenvalue weighted by Gasteiger charge is -2.26. The summed E-state index contributed by atoms with van der Waals surface area (Å²) < 4.78 is 18.7. The highest BCUT2D eigenvalue weighted by Gasteiger charge is 2.13. The van der Waals surface area contributed by atoms with Crippen molar-refractivity contribution in [3.63, 3.8) is 0 Å². The third-order valence-corrected chi connectivity index (χ3v) is 4.57. The lowest BCUT2D eigenvalue weighted by atomic mass is 10.1. The molecule has 1 fully saturated rings. The zero-order valence-electron chi connectivity index (χ0n) is 15.1. The van der Waals surface area contributed by atoms with Crippen molar-refractivity contribution in [1.82, 2.24) is 10.2 Å². The molecule has 3 rings (SSSR count). The number of furan rings is 1. The van der Waals surface area contributed by atoms with Gasteiger partial charge < -0.3 is 14.6 Å². The van der Waals surface area contributed by atoms with Gasteiger partial charge in [-0.25, -0.2) is 4.39 Å². The molecule has 0 radical (unpaired) electrons. The number of halogens is 1. The average Bonchev–Trinajstić information content (AvgIpc) is 3.16. The van der Waals surface area contributed by atoms with Crippen LogP contribution in [0.2, 0.25) is 0 Å². The van der Waals surface area contributed by atoms with Crippen LogP contribution in [0.15, 0.2) is 46.4 Å². The van der Waals surface area contributed by atoms with Gasteiger partial charge in [0.05, 0.1) is 0 Å². The number of likely N-dealkylation sites (tertiary alicyclic amines) is 1. The van der Waals surface area contributed by atoms with E-state index < -0.39 is 5.91 Å². The van der Waals surface area contributed by atoms with E-state index in [2.05, 4.69) is 10.2 Å². The first-order valence-electron chi connectivity index (χ1n) is 9.14. The second-order valence-corrected chi connectivity index (χ2v) is 6.54. The van der Waals surface area contributed by atoms with Crippen LogP contribution in [-0.2, 0) is 4.79 Å². The first-order chi connectivity index (χ1) is 13.2. The van der Waals surface area contributed by atoms with Crippen molar-refractivity contribution in [1.29, 1.82) is 5.26 Å². The van der Waals surface area contributed by atoms with Crippen LogP contribution in [0.4, 0.5) is 4.39 Å². The Bertz CT molecular complexity index is 843. The fourth-order valence-corrected chi connectivity index (χ4v) is 3.10. The number of hydrogen-bond acceptors (Lipinski definition) is 4. The van der Waals surface area contributed by atoms with Crippen LogP contribution in [0.5, 0.6) is 0 Å². The maximum atomic E-state index is 13.0. The van der Waals surface area contributed by atoms with E-state index in [1.807, 2.05) is 6.07 Å². The number of carbonyl (C=O) groups is 1. The molecule has 0 spiro atoms. The second-order valence-electron chi connectivity index (χ2n) is 6.54. The van der Waals surface area contributed by atoms with E-state index in [1.165, 1.54) is 37.5 Å². The van der Waals surface area contributed by atoms with E-state index in [4.69, 9.17) is 4.42 Å². The van der Waals surface area contributed by atoms with E-state index in [-0.39, 0.29) is 11.4 Å². The summed E-state index contributed by atoms with van der Waals surface area (Å²) in [6.07, 6.45) is 5.09. The van der Waals surface area contributed by atoms with Crippen LogP contribution in [0.3, 0.4) is 0 Å². The number of amides is 1. The van der Waals surface area contributed by atoms with Gasteiger partial charge >= 0.3 is 0 Å². The van der Waals surface area contributed by atoms with Crippen molar-refractivity contribution in [3.8, 4) is 17.4 Å². The lowest BCUT2D eigenvalue weighted by Crippen LogP contribution is -2.37. The minimum absolute atomic E-state index is 0.00588. The second kappa shape index (κ2) is 9.15. The smallest absolute Gasteiger partial charge is 0.262 e. The van der Waals surface area contributed by atoms with Crippen molar-refractivity contribution < 1.29 is 13.6 Å². The van der Waals surface area contributed by atoms with Crippen molar-refractivity contribution in [2.75, 3.05) is 26.2 Å². The van der Waals surface area contributed by atoms with E-state index >= 15 is 0 Å². The standard InChI is InChI=1S/C21H22FN3O2/c22-18-6-4-16(5-7-18)20-9-8-19(27-20)14-17(15-23)21(26)24-10-13-25-11-2-1-3-12-25/h4-9,14H,1-3,10-13H2,(H,24,26)/b17-14-. The van der Waals surface area contributed by atoms with Crippen molar-refractivity contribution >= 4 is 12.0 Å². The SMILES string of the molecule is N#C/C(=C/c1ccc(-c2ccc(F)cc2)o1)C(=O)NCCN1CCCCC1. The van der Waals surface area contributed by atoms with Gasteiger partial charge in [0.15, 0.2) is 0 Å². The van der Waals surface area contributed by atoms with Crippen LogP contribution in [0.25, 0.3) is 17.4 Å². The zero-order chi connectivity index (χ0) is 19.1. The molecule has 1 amide bonds. The molecule has 1 aliphatic heterocycles. The Hall–Kier alpha value is -2.91. The summed E-state index contributed by atoms with van der Waals surface area (Å²) in [5.74, 6) is 0.216. The van der Waals surface area contributed by atoms with Crippen molar-refractivity contribution in [3.05, 3.63) is 53.5 Å². The maximum absolute atomic E-state index is 13.0. The molecule has 6 heteroatoms. The highest BCUT2D eigenvalue weighted by Crippen LogP contribution is 2.23. The fraction of sp³-hybridized carbons (Fsp3) is 0.333. The van der Waals surface area contributed by atoms with Crippen LogP contribution >= 0.6 is 0 Å². The summed E-state index contributed by atoms with van der Waals surface area (Å²) in [5.41, 5.74) is 0.717. The summed E-state index contributed by atoms with van der Waals surface area (Å²) >= 11 is 0. The molecule has 5 nitrogen and oxygen atoms in total. The topological polar surface area (TPSA) is 69.3 Å². The Balaban J connectivity index is 1.59. The van der Waals surface area contributed by atoms with Gasteiger partial charge in [-0.2, -0.15) is 5.26 Å². The van der Waals surface area contributed by atoms with Crippen molar-refractivity contribution in [2.24, 2.45) is 0 Å². The van der Waals surface area contributed by atoms with Crippen LogP contribution in [-0.4, -0.2) is 37.0 Å². The molecule has 2 aromatic rings. The Morgan fingerprint density at radius 1 is 1.19 bits per heavy atom. The molecule has 2 heterocycles. The first-order valence-corrected chi connectivity index (χ1v) is 9.14. The molecule has 1 aromatic heterocycles. The minimum atomic E-state index is -0.408. The third-order valence-electron chi connectivity index (χ3n) is 4.57. The Morgan fingerprint density at radius 2 is 1.93 bits per heavy atom. The molecule has 0 unspecified atom stereocenters. The fourth-order valence-electron chi connectivity index (χ4n) is 3.10. The van der Waals surface area contributed by atoms with Crippen LogP contribution < -0.4 is 5.32 Å². The largest absolute Gasteiger partial charge is 0.457 e. The van der Waals surface area contributed by atoms with E-state index in [1.54, 1.807) is 24.3 Å². The molecule has 1 N–H and O–H groups in total. The minimum Gasteiger partial charge on any atom is -0.457 e. The predicted octanol–water partition coefficient (Wildman–Crippen LogP) is 3.59. The molecule has 0 aliphatic carbocycles. The molecule has 0 atom stereocenters. The van der Waals surface area contributed by atoms with Gasteiger partial charge in [0.1, 0.15) is 29.0 Å². The number of carbonyl (C=O) groups excluding carboxylic acids is 1. The predicted molar refractivity (Wildman–Crippen MR) is 101 cm³/mol. The van der Waals surface area contributed by atoms with E-state index in [9.17, 15) is 14.4 Å². The maximum Gasteiger partial charge on any atom is 0.262 e. The molecule has 27 heavy (non-hydrogen) atoms. The van der Waals surface area contributed by atoms with Gasteiger partial charge in [0.25, 0.3) is 5.91 Å².